The molecule has 0 radical (unpaired) electrons. The number of nitrogens with zero attached hydrogens (tertiary/aromatic N) is 3. The van der Waals surface area contributed by atoms with E-state index in [9.17, 15) is 14.4 Å². The number of carbonyl (C=O) groups is 3. The summed E-state index contributed by atoms with van der Waals surface area (Å²) in [5.41, 5.74) is 1.93. The van der Waals surface area contributed by atoms with Crippen LogP contribution in [-0.2, 0) is 4.79 Å². The molecule has 1 saturated heterocycles. The van der Waals surface area contributed by atoms with Crippen molar-refractivity contribution in [3.63, 3.8) is 0 Å². The zero-order valence-corrected chi connectivity index (χ0v) is 17.0. The molecule has 1 fully saturated rings. The maximum atomic E-state index is 12.6. The van der Waals surface area contributed by atoms with E-state index in [1.54, 1.807) is 31.4 Å². The first kappa shape index (κ1) is 19.9. The van der Waals surface area contributed by atoms with Crippen LogP contribution in [-0.4, -0.2) is 67.4 Å². The SMILES string of the molecule is COc1ccccc1N1CCN(C(=O)CCCN2C(=O)c3ccccc3C2=O)CC1. The van der Waals surface area contributed by atoms with E-state index in [0.29, 0.717) is 37.1 Å². The quantitative estimate of drug-likeness (QED) is 0.688. The van der Waals surface area contributed by atoms with Gasteiger partial charge >= 0.3 is 0 Å². The number of fused-ring (bicyclic) bond motifs is 1. The largest absolute Gasteiger partial charge is 0.495 e. The van der Waals surface area contributed by atoms with Gasteiger partial charge in [-0.1, -0.05) is 24.3 Å². The van der Waals surface area contributed by atoms with Crippen LogP contribution in [0.25, 0.3) is 0 Å². The fourth-order valence-electron chi connectivity index (χ4n) is 4.08. The first-order chi connectivity index (χ1) is 14.6. The maximum absolute atomic E-state index is 12.6. The minimum absolute atomic E-state index is 0.0614. The summed E-state index contributed by atoms with van der Waals surface area (Å²) in [6, 6.07) is 14.7. The minimum atomic E-state index is -0.270. The number of hydrogen-bond donors (Lipinski definition) is 0. The number of methoxy groups -OCH3 is 1. The topological polar surface area (TPSA) is 70.2 Å². The predicted octanol–water partition coefficient (Wildman–Crippen LogP) is 2.42. The van der Waals surface area contributed by atoms with Crippen LogP contribution >= 0.6 is 0 Å². The number of hydrogen-bond acceptors (Lipinski definition) is 5. The molecule has 0 bridgehead atoms. The minimum Gasteiger partial charge on any atom is -0.495 e. The molecule has 0 unspecified atom stereocenters. The third-order valence-corrected chi connectivity index (χ3v) is 5.71. The number of ether oxygens (including phenoxy) is 1. The van der Waals surface area contributed by atoms with E-state index in [2.05, 4.69) is 4.90 Å². The van der Waals surface area contributed by atoms with Gasteiger partial charge in [0.25, 0.3) is 11.8 Å². The summed E-state index contributed by atoms with van der Waals surface area (Å²) in [7, 11) is 1.66. The Morgan fingerprint density at radius 2 is 1.50 bits per heavy atom. The van der Waals surface area contributed by atoms with Crippen molar-refractivity contribution in [3.8, 4) is 5.75 Å². The third-order valence-electron chi connectivity index (χ3n) is 5.71. The summed E-state index contributed by atoms with van der Waals surface area (Å²) in [6.45, 7) is 3.03. The molecule has 7 nitrogen and oxygen atoms in total. The summed E-state index contributed by atoms with van der Waals surface area (Å²) in [4.78, 5) is 42.7. The second-order valence-electron chi connectivity index (χ2n) is 7.45. The Morgan fingerprint density at radius 1 is 0.900 bits per heavy atom. The number of benzene rings is 2. The van der Waals surface area contributed by atoms with E-state index >= 15 is 0 Å². The lowest BCUT2D eigenvalue weighted by molar-refractivity contribution is -0.131. The van der Waals surface area contributed by atoms with Crippen molar-refractivity contribution in [1.29, 1.82) is 0 Å². The van der Waals surface area contributed by atoms with Gasteiger partial charge in [-0.3, -0.25) is 19.3 Å². The van der Waals surface area contributed by atoms with Crippen molar-refractivity contribution in [2.45, 2.75) is 12.8 Å². The number of carbonyl (C=O) groups excluding carboxylic acids is 3. The first-order valence-electron chi connectivity index (χ1n) is 10.2. The summed E-state index contributed by atoms with van der Waals surface area (Å²) in [5.74, 6) is 0.353. The molecule has 30 heavy (non-hydrogen) atoms. The summed E-state index contributed by atoms with van der Waals surface area (Å²) >= 11 is 0. The lowest BCUT2D eigenvalue weighted by Crippen LogP contribution is -2.49. The molecule has 0 atom stereocenters. The van der Waals surface area contributed by atoms with Gasteiger partial charge in [0.2, 0.25) is 5.91 Å². The maximum Gasteiger partial charge on any atom is 0.261 e. The second-order valence-corrected chi connectivity index (χ2v) is 7.45. The van der Waals surface area contributed by atoms with Gasteiger partial charge in [0.05, 0.1) is 23.9 Å². The Bertz CT molecular complexity index is 931. The zero-order valence-electron chi connectivity index (χ0n) is 17.0. The van der Waals surface area contributed by atoms with Crippen LogP contribution in [0.15, 0.2) is 48.5 Å². The van der Waals surface area contributed by atoms with E-state index in [-0.39, 0.29) is 24.3 Å². The summed E-state index contributed by atoms with van der Waals surface area (Å²) in [5, 5.41) is 0. The summed E-state index contributed by atoms with van der Waals surface area (Å²) in [6.07, 6.45) is 0.791. The van der Waals surface area contributed by atoms with Gasteiger partial charge < -0.3 is 14.5 Å². The van der Waals surface area contributed by atoms with E-state index in [1.165, 1.54) is 4.90 Å². The molecule has 0 aromatic heterocycles. The highest BCUT2D eigenvalue weighted by Crippen LogP contribution is 2.28. The highest BCUT2D eigenvalue weighted by molar-refractivity contribution is 6.21. The standard InChI is InChI=1S/C23H25N3O4/c1-30-20-10-5-4-9-19(20)24-13-15-25(16-14-24)21(27)11-6-12-26-22(28)17-7-2-3-8-18(17)23(26)29/h2-5,7-10H,6,11-16H2,1H3. The van der Waals surface area contributed by atoms with Crippen LogP contribution in [0, 0.1) is 0 Å². The van der Waals surface area contributed by atoms with Crippen molar-refractivity contribution in [2.24, 2.45) is 0 Å². The highest BCUT2D eigenvalue weighted by Gasteiger charge is 2.34. The molecule has 0 saturated carbocycles. The van der Waals surface area contributed by atoms with Crippen LogP contribution < -0.4 is 9.64 Å². The molecule has 4 rings (SSSR count). The van der Waals surface area contributed by atoms with Crippen LogP contribution in [0.5, 0.6) is 5.75 Å². The monoisotopic (exact) mass is 407 g/mol. The second kappa shape index (κ2) is 8.57. The average molecular weight is 407 g/mol. The summed E-state index contributed by atoms with van der Waals surface area (Å²) < 4.78 is 5.43. The average Bonchev–Trinajstić information content (AvgIpc) is 3.04. The first-order valence-corrected chi connectivity index (χ1v) is 10.2. The van der Waals surface area contributed by atoms with Crippen LogP contribution in [0.1, 0.15) is 33.6 Å². The van der Waals surface area contributed by atoms with Gasteiger partial charge in [0.1, 0.15) is 5.75 Å². The van der Waals surface area contributed by atoms with E-state index in [4.69, 9.17) is 4.74 Å². The normalized spacial score (nSPS) is 16.1. The molecule has 0 N–H and O–H groups in total. The Kier molecular flexibility index (Phi) is 5.70. The molecule has 2 aromatic carbocycles. The molecule has 2 aliphatic heterocycles. The van der Waals surface area contributed by atoms with Gasteiger partial charge in [-0.15, -0.1) is 0 Å². The van der Waals surface area contributed by atoms with Gasteiger partial charge in [-0.05, 0) is 30.7 Å². The van der Waals surface area contributed by atoms with E-state index in [1.807, 2.05) is 29.2 Å². The van der Waals surface area contributed by atoms with Crippen molar-refractivity contribution in [3.05, 3.63) is 59.7 Å². The molecule has 7 heteroatoms. The predicted molar refractivity (Wildman–Crippen MR) is 113 cm³/mol. The fourth-order valence-corrected chi connectivity index (χ4v) is 4.08. The van der Waals surface area contributed by atoms with Crippen LogP contribution in [0.4, 0.5) is 5.69 Å². The Labute approximate surface area is 175 Å². The molecule has 156 valence electrons. The fraction of sp³-hybridized carbons (Fsp3) is 0.348. The Balaban J connectivity index is 1.26. The van der Waals surface area contributed by atoms with E-state index in [0.717, 1.165) is 24.5 Å². The van der Waals surface area contributed by atoms with Crippen molar-refractivity contribution < 1.29 is 19.1 Å². The molecule has 2 heterocycles. The van der Waals surface area contributed by atoms with Gasteiger partial charge in [-0.25, -0.2) is 0 Å². The van der Waals surface area contributed by atoms with Crippen molar-refractivity contribution in [1.82, 2.24) is 9.80 Å². The smallest absolute Gasteiger partial charge is 0.261 e. The molecular formula is C23H25N3O4. The number of para-hydroxylation sites is 2. The molecule has 0 aliphatic carbocycles. The lowest BCUT2D eigenvalue weighted by atomic mass is 10.1. The van der Waals surface area contributed by atoms with Crippen LogP contribution in [0.2, 0.25) is 0 Å². The van der Waals surface area contributed by atoms with Gasteiger partial charge in [-0.2, -0.15) is 0 Å². The highest BCUT2D eigenvalue weighted by atomic mass is 16.5. The van der Waals surface area contributed by atoms with Crippen molar-refractivity contribution in [2.75, 3.05) is 44.7 Å². The number of piperazine rings is 1. The van der Waals surface area contributed by atoms with Crippen molar-refractivity contribution >= 4 is 23.4 Å². The molecular weight excluding hydrogens is 382 g/mol. The Morgan fingerprint density at radius 3 is 2.13 bits per heavy atom. The zero-order chi connectivity index (χ0) is 21.1. The lowest BCUT2D eigenvalue weighted by Gasteiger charge is -2.36. The number of anilines is 1. The van der Waals surface area contributed by atoms with Gasteiger partial charge in [0, 0.05) is 39.1 Å². The molecule has 2 aromatic rings. The number of amides is 3. The number of imide groups is 1. The number of rotatable bonds is 6. The third kappa shape index (κ3) is 3.75. The van der Waals surface area contributed by atoms with E-state index < -0.39 is 0 Å². The molecule has 2 aliphatic rings. The van der Waals surface area contributed by atoms with Crippen LogP contribution in [0.3, 0.4) is 0 Å². The van der Waals surface area contributed by atoms with Gasteiger partial charge in [0.15, 0.2) is 0 Å². The Hall–Kier alpha value is -3.35. The molecule has 0 spiro atoms. The molecule has 3 amide bonds.